The van der Waals surface area contributed by atoms with E-state index in [1.54, 1.807) is 18.2 Å². The van der Waals surface area contributed by atoms with Crippen molar-refractivity contribution in [1.29, 1.82) is 5.26 Å². The highest BCUT2D eigenvalue weighted by Crippen LogP contribution is 2.43. The van der Waals surface area contributed by atoms with Gasteiger partial charge in [-0.3, -0.25) is 9.59 Å². The van der Waals surface area contributed by atoms with Gasteiger partial charge < -0.3 is 10.2 Å². The molecular formula is C24H21F4N3O2. The summed E-state index contributed by atoms with van der Waals surface area (Å²) in [5.41, 5.74) is -0.456. The van der Waals surface area contributed by atoms with E-state index in [-0.39, 0.29) is 17.4 Å². The molecule has 2 amide bonds. The molecule has 2 atom stereocenters. The van der Waals surface area contributed by atoms with Crippen LogP contribution in [-0.4, -0.2) is 29.3 Å². The molecule has 33 heavy (non-hydrogen) atoms. The number of amides is 2. The lowest BCUT2D eigenvalue weighted by Gasteiger charge is -2.27. The van der Waals surface area contributed by atoms with E-state index in [1.165, 1.54) is 11.0 Å². The molecule has 0 spiro atoms. The predicted molar refractivity (Wildman–Crippen MR) is 110 cm³/mol. The van der Waals surface area contributed by atoms with Gasteiger partial charge in [-0.2, -0.15) is 18.4 Å². The Hall–Kier alpha value is -3.41. The summed E-state index contributed by atoms with van der Waals surface area (Å²) < 4.78 is 53.3. The summed E-state index contributed by atoms with van der Waals surface area (Å²) >= 11 is 0. The molecule has 1 N–H and O–H groups in total. The number of halogens is 4. The monoisotopic (exact) mass is 459 g/mol. The summed E-state index contributed by atoms with van der Waals surface area (Å²) in [6.45, 7) is 0.358. The lowest BCUT2D eigenvalue weighted by atomic mass is 9.99. The van der Waals surface area contributed by atoms with Crippen LogP contribution >= 0.6 is 0 Å². The van der Waals surface area contributed by atoms with Crippen LogP contribution in [0.2, 0.25) is 0 Å². The number of carbonyl (C=O) groups excluding carboxylic acids is 2. The summed E-state index contributed by atoms with van der Waals surface area (Å²) in [6, 6.07) is 8.96. The van der Waals surface area contributed by atoms with Crippen molar-refractivity contribution >= 4 is 11.8 Å². The van der Waals surface area contributed by atoms with Gasteiger partial charge in [0, 0.05) is 17.7 Å². The smallest absolute Gasteiger partial charge is 0.347 e. The largest absolute Gasteiger partial charge is 0.416 e. The first-order valence-electron chi connectivity index (χ1n) is 10.7. The number of nitrogens with one attached hydrogen (secondary N) is 1. The number of benzene rings is 2. The maximum absolute atomic E-state index is 14.6. The summed E-state index contributed by atoms with van der Waals surface area (Å²) in [7, 11) is 0. The Kier molecular flexibility index (Phi) is 6.11. The molecule has 1 aliphatic carbocycles. The van der Waals surface area contributed by atoms with E-state index in [1.807, 2.05) is 6.07 Å². The van der Waals surface area contributed by atoms with Crippen LogP contribution in [0.3, 0.4) is 0 Å². The van der Waals surface area contributed by atoms with Gasteiger partial charge in [0.1, 0.15) is 11.9 Å². The normalized spacial score (nSPS) is 19.1. The molecular weight excluding hydrogens is 438 g/mol. The summed E-state index contributed by atoms with van der Waals surface area (Å²) in [5, 5.41) is 11.9. The molecule has 2 aromatic rings. The Morgan fingerprint density at radius 3 is 2.52 bits per heavy atom. The van der Waals surface area contributed by atoms with Gasteiger partial charge in [0.25, 0.3) is 5.91 Å². The number of hydrogen-bond acceptors (Lipinski definition) is 3. The summed E-state index contributed by atoms with van der Waals surface area (Å²) in [5.74, 6) is -1.94. The second-order valence-electron chi connectivity index (χ2n) is 8.41. The molecule has 1 unspecified atom stereocenters. The van der Waals surface area contributed by atoms with Crippen LogP contribution in [0.25, 0.3) is 0 Å². The Morgan fingerprint density at radius 1 is 1.12 bits per heavy atom. The van der Waals surface area contributed by atoms with Crippen molar-refractivity contribution in [2.24, 2.45) is 5.92 Å². The van der Waals surface area contributed by atoms with Crippen molar-refractivity contribution in [1.82, 2.24) is 10.2 Å². The van der Waals surface area contributed by atoms with Gasteiger partial charge >= 0.3 is 6.18 Å². The molecule has 1 saturated carbocycles. The molecule has 1 aliphatic heterocycles. The molecule has 0 aromatic heterocycles. The van der Waals surface area contributed by atoms with E-state index in [0.29, 0.717) is 36.6 Å². The van der Waals surface area contributed by atoms with Crippen LogP contribution in [0.15, 0.2) is 42.5 Å². The standard InChI is InChI=1S/C24H21F4N3O2/c25-19-12-17(24(26,27)28)8-9-18(19)21(15-6-7-15)30-22(32)20-5-2-10-31(20)23(33)16-4-1-3-14(11-16)13-29/h1,3-4,8-9,11-12,15,20-21H,2,5-7,10H2,(H,30,32)/t20-,21?/m1/s1. The molecule has 4 rings (SSSR count). The highest BCUT2D eigenvalue weighted by molar-refractivity contribution is 5.98. The molecule has 2 aliphatic rings. The van der Waals surface area contributed by atoms with Crippen LogP contribution in [0.4, 0.5) is 17.6 Å². The predicted octanol–water partition coefficient (Wildman–Crippen LogP) is 4.59. The number of nitriles is 1. The lowest BCUT2D eigenvalue weighted by molar-refractivity contribution is -0.137. The first kappa shape index (κ1) is 22.8. The molecule has 0 radical (unpaired) electrons. The van der Waals surface area contributed by atoms with Crippen molar-refractivity contribution < 1.29 is 27.2 Å². The highest BCUT2D eigenvalue weighted by Gasteiger charge is 2.40. The minimum Gasteiger partial charge on any atom is -0.347 e. The van der Waals surface area contributed by atoms with Crippen LogP contribution in [0.5, 0.6) is 0 Å². The number of alkyl halides is 3. The molecule has 9 heteroatoms. The zero-order valence-electron chi connectivity index (χ0n) is 17.5. The molecule has 1 heterocycles. The molecule has 172 valence electrons. The lowest BCUT2D eigenvalue weighted by Crippen LogP contribution is -2.47. The fraction of sp³-hybridized carbons (Fsp3) is 0.375. The van der Waals surface area contributed by atoms with Gasteiger partial charge in [-0.05, 0) is 61.9 Å². The number of likely N-dealkylation sites (tertiary alicyclic amines) is 1. The van der Waals surface area contributed by atoms with E-state index in [2.05, 4.69) is 5.32 Å². The third-order valence-electron chi connectivity index (χ3n) is 6.11. The van der Waals surface area contributed by atoms with Gasteiger partial charge in [-0.25, -0.2) is 4.39 Å². The first-order chi connectivity index (χ1) is 15.7. The average Bonchev–Trinajstić information content (AvgIpc) is 3.51. The van der Waals surface area contributed by atoms with Gasteiger partial charge in [-0.1, -0.05) is 12.1 Å². The van der Waals surface area contributed by atoms with E-state index >= 15 is 0 Å². The number of rotatable bonds is 5. The van der Waals surface area contributed by atoms with Crippen molar-refractivity contribution in [3.8, 4) is 6.07 Å². The van der Waals surface area contributed by atoms with Gasteiger partial charge in [0.2, 0.25) is 5.91 Å². The molecule has 0 bridgehead atoms. The van der Waals surface area contributed by atoms with Gasteiger partial charge in [0.05, 0.1) is 23.2 Å². The Morgan fingerprint density at radius 2 is 1.88 bits per heavy atom. The minimum absolute atomic E-state index is 0.0106. The zero-order chi connectivity index (χ0) is 23.8. The van der Waals surface area contributed by atoms with Crippen molar-refractivity contribution in [2.45, 2.75) is 43.9 Å². The summed E-state index contributed by atoms with van der Waals surface area (Å²) in [4.78, 5) is 27.5. The first-order valence-corrected chi connectivity index (χ1v) is 10.7. The molecule has 1 saturated heterocycles. The fourth-order valence-corrected chi connectivity index (χ4v) is 4.25. The SMILES string of the molecule is N#Cc1cccc(C(=O)N2CCC[C@@H]2C(=O)NC(c2ccc(C(F)(F)F)cc2F)C2CC2)c1. The topological polar surface area (TPSA) is 73.2 Å². The zero-order valence-corrected chi connectivity index (χ0v) is 17.5. The van der Waals surface area contributed by atoms with Gasteiger partial charge in [0.15, 0.2) is 0 Å². The molecule has 2 aromatic carbocycles. The van der Waals surface area contributed by atoms with Crippen molar-refractivity contribution in [3.63, 3.8) is 0 Å². The van der Waals surface area contributed by atoms with Crippen LogP contribution in [0.1, 0.15) is 58.8 Å². The Bertz CT molecular complexity index is 1120. The van der Waals surface area contributed by atoms with Crippen LogP contribution in [0, 0.1) is 23.1 Å². The van der Waals surface area contributed by atoms with E-state index in [4.69, 9.17) is 5.26 Å². The maximum atomic E-state index is 14.6. The Balaban J connectivity index is 1.53. The Labute approximate surface area is 188 Å². The second kappa shape index (κ2) is 8.85. The molecule has 2 fully saturated rings. The van der Waals surface area contributed by atoms with Crippen LogP contribution in [-0.2, 0) is 11.0 Å². The third-order valence-corrected chi connectivity index (χ3v) is 6.11. The van der Waals surface area contributed by atoms with Gasteiger partial charge in [-0.15, -0.1) is 0 Å². The van der Waals surface area contributed by atoms with Crippen LogP contribution < -0.4 is 5.32 Å². The quantitative estimate of drug-likeness (QED) is 0.665. The number of nitrogens with zero attached hydrogens (tertiary/aromatic N) is 2. The number of carbonyl (C=O) groups is 2. The highest BCUT2D eigenvalue weighted by atomic mass is 19.4. The van der Waals surface area contributed by atoms with E-state index in [0.717, 1.165) is 25.0 Å². The van der Waals surface area contributed by atoms with Crippen molar-refractivity contribution in [3.05, 3.63) is 70.5 Å². The van der Waals surface area contributed by atoms with E-state index < -0.39 is 35.5 Å². The van der Waals surface area contributed by atoms with Crippen molar-refractivity contribution in [2.75, 3.05) is 6.54 Å². The minimum atomic E-state index is -4.66. The number of hydrogen-bond donors (Lipinski definition) is 1. The van der Waals surface area contributed by atoms with E-state index in [9.17, 15) is 27.2 Å². The fourth-order valence-electron chi connectivity index (χ4n) is 4.25. The average molecular weight is 459 g/mol. The molecule has 5 nitrogen and oxygen atoms in total. The third kappa shape index (κ3) is 4.85. The summed E-state index contributed by atoms with van der Waals surface area (Å²) in [6.07, 6.45) is -2.20. The maximum Gasteiger partial charge on any atom is 0.416 e. The second-order valence-corrected chi connectivity index (χ2v) is 8.41.